The van der Waals surface area contributed by atoms with E-state index in [4.69, 9.17) is 11.6 Å². The van der Waals surface area contributed by atoms with E-state index in [1.54, 1.807) is 12.1 Å². The number of phenolic OH excluding ortho intramolecular Hbond substituents is 1. The van der Waals surface area contributed by atoms with E-state index < -0.39 is 0 Å². The highest BCUT2D eigenvalue weighted by Gasteiger charge is 2.08. The topological polar surface area (TPSA) is 38.0 Å². The maximum absolute atomic E-state index is 9.29. The second-order valence-corrected chi connectivity index (χ2v) is 5.00. The van der Waals surface area contributed by atoms with Crippen LogP contribution in [-0.4, -0.2) is 14.7 Å². The van der Waals surface area contributed by atoms with Crippen LogP contribution in [0.3, 0.4) is 0 Å². The fourth-order valence-electron chi connectivity index (χ4n) is 2.17. The molecule has 0 radical (unpaired) electrons. The zero-order valence-corrected chi connectivity index (χ0v) is 11.2. The first kappa shape index (κ1) is 12.1. The highest BCUT2D eigenvalue weighted by molar-refractivity contribution is 6.31. The Morgan fingerprint density at radius 3 is 2.63 bits per heavy atom. The Hall–Kier alpha value is -2.00. The number of hydrogen-bond acceptors (Lipinski definition) is 2. The van der Waals surface area contributed by atoms with Gasteiger partial charge in [0.2, 0.25) is 0 Å². The molecule has 1 N–H and O–H groups in total. The summed E-state index contributed by atoms with van der Waals surface area (Å²) in [6, 6.07) is 12.9. The predicted octanol–water partition coefficient (Wildman–Crippen LogP) is 3.52. The summed E-state index contributed by atoms with van der Waals surface area (Å²) < 4.78 is 2.05. The zero-order chi connectivity index (χ0) is 13.4. The highest BCUT2D eigenvalue weighted by atomic mass is 35.5. The maximum Gasteiger partial charge on any atom is 0.115 e. The van der Waals surface area contributed by atoms with E-state index in [2.05, 4.69) is 4.98 Å². The van der Waals surface area contributed by atoms with Gasteiger partial charge in [0.05, 0.1) is 11.0 Å². The summed E-state index contributed by atoms with van der Waals surface area (Å²) in [5, 5.41) is 10.0. The van der Waals surface area contributed by atoms with Crippen molar-refractivity contribution in [1.82, 2.24) is 9.55 Å². The normalized spacial score (nSPS) is 11.1. The first-order chi connectivity index (χ1) is 9.13. The molecule has 0 spiro atoms. The fraction of sp³-hybridized carbons (Fsp3) is 0.133. The molecule has 3 nitrogen and oxygen atoms in total. The van der Waals surface area contributed by atoms with E-state index >= 15 is 0 Å². The molecule has 4 heteroatoms. The van der Waals surface area contributed by atoms with Gasteiger partial charge in [-0.15, -0.1) is 0 Å². The van der Waals surface area contributed by atoms with Gasteiger partial charge >= 0.3 is 0 Å². The van der Waals surface area contributed by atoms with Crippen molar-refractivity contribution in [3.05, 3.63) is 58.9 Å². The third-order valence-corrected chi connectivity index (χ3v) is 3.47. The van der Waals surface area contributed by atoms with Gasteiger partial charge in [-0.05, 0) is 35.9 Å². The van der Waals surface area contributed by atoms with Crippen LogP contribution in [0.25, 0.3) is 11.0 Å². The van der Waals surface area contributed by atoms with Crippen molar-refractivity contribution in [2.24, 2.45) is 7.05 Å². The molecule has 1 aromatic heterocycles. The molecule has 0 fully saturated rings. The smallest absolute Gasteiger partial charge is 0.115 e. The summed E-state index contributed by atoms with van der Waals surface area (Å²) in [6.07, 6.45) is 0.725. The Morgan fingerprint density at radius 2 is 1.89 bits per heavy atom. The van der Waals surface area contributed by atoms with E-state index in [1.807, 2.05) is 41.9 Å². The lowest BCUT2D eigenvalue weighted by Gasteiger charge is -2.03. The molecule has 3 rings (SSSR count). The van der Waals surface area contributed by atoms with E-state index in [0.717, 1.165) is 28.8 Å². The summed E-state index contributed by atoms with van der Waals surface area (Å²) in [4.78, 5) is 4.61. The molecule has 3 aromatic rings. The summed E-state index contributed by atoms with van der Waals surface area (Å²) in [5.41, 5.74) is 3.09. The molecule has 0 amide bonds. The Balaban J connectivity index is 2.01. The molecule has 0 bridgehead atoms. The number of halogens is 1. The first-order valence-corrected chi connectivity index (χ1v) is 6.40. The van der Waals surface area contributed by atoms with Gasteiger partial charge in [-0.1, -0.05) is 23.7 Å². The molecule has 0 aliphatic rings. The van der Waals surface area contributed by atoms with Gasteiger partial charge in [0.1, 0.15) is 11.6 Å². The number of aromatic nitrogens is 2. The van der Waals surface area contributed by atoms with Crippen molar-refractivity contribution in [2.75, 3.05) is 0 Å². The molecular weight excluding hydrogens is 260 g/mol. The van der Waals surface area contributed by atoms with Gasteiger partial charge in [-0.3, -0.25) is 0 Å². The Morgan fingerprint density at radius 1 is 1.16 bits per heavy atom. The van der Waals surface area contributed by atoms with Crippen LogP contribution in [0.2, 0.25) is 5.02 Å². The molecule has 19 heavy (non-hydrogen) atoms. The first-order valence-electron chi connectivity index (χ1n) is 6.02. The Labute approximate surface area is 116 Å². The lowest BCUT2D eigenvalue weighted by atomic mass is 10.1. The maximum atomic E-state index is 9.29. The molecule has 0 unspecified atom stereocenters. The van der Waals surface area contributed by atoms with Crippen LogP contribution in [-0.2, 0) is 13.5 Å². The molecular formula is C15H13ClN2O. The quantitative estimate of drug-likeness (QED) is 0.775. The van der Waals surface area contributed by atoms with Crippen LogP contribution in [0.5, 0.6) is 5.75 Å². The SMILES string of the molecule is Cn1c(Cc2ccc(O)cc2)nc2ccc(Cl)cc21. The Bertz CT molecular complexity index is 732. The van der Waals surface area contributed by atoms with E-state index in [0.29, 0.717) is 5.02 Å². The van der Waals surface area contributed by atoms with Crippen molar-refractivity contribution in [2.45, 2.75) is 6.42 Å². The summed E-state index contributed by atoms with van der Waals surface area (Å²) >= 11 is 6.01. The fourth-order valence-corrected chi connectivity index (χ4v) is 2.33. The van der Waals surface area contributed by atoms with Crippen molar-refractivity contribution < 1.29 is 5.11 Å². The van der Waals surface area contributed by atoms with Crippen LogP contribution < -0.4 is 0 Å². The zero-order valence-electron chi connectivity index (χ0n) is 10.5. The van der Waals surface area contributed by atoms with Gasteiger partial charge in [0.15, 0.2) is 0 Å². The lowest BCUT2D eigenvalue weighted by molar-refractivity contribution is 0.475. The third-order valence-electron chi connectivity index (χ3n) is 3.23. The Kier molecular flexibility index (Phi) is 2.91. The van der Waals surface area contributed by atoms with Gasteiger partial charge in [0.25, 0.3) is 0 Å². The number of nitrogens with zero attached hydrogens (tertiary/aromatic N) is 2. The minimum Gasteiger partial charge on any atom is -0.508 e. The number of imidazole rings is 1. The predicted molar refractivity (Wildman–Crippen MR) is 76.6 cm³/mol. The van der Waals surface area contributed by atoms with Crippen molar-refractivity contribution >= 4 is 22.6 Å². The van der Waals surface area contributed by atoms with Gasteiger partial charge in [-0.25, -0.2) is 4.98 Å². The molecule has 2 aromatic carbocycles. The van der Waals surface area contributed by atoms with Gasteiger partial charge in [0, 0.05) is 18.5 Å². The average Bonchev–Trinajstić information content (AvgIpc) is 2.70. The standard InChI is InChI=1S/C15H13ClN2O/c1-18-14-9-11(16)4-7-13(14)17-15(18)8-10-2-5-12(19)6-3-10/h2-7,9,19H,8H2,1H3. The highest BCUT2D eigenvalue weighted by Crippen LogP contribution is 2.21. The summed E-state index contributed by atoms with van der Waals surface area (Å²) in [6.45, 7) is 0. The number of aromatic hydroxyl groups is 1. The third kappa shape index (κ3) is 2.29. The van der Waals surface area contributed by atoms with Crippen LogP contribution >= 0.6 is 11.6 Å². The number of rotatable bonds is 2. The molecule has 0 aliphatic heterocycles. The monoisotopic (exact) mass is 272 g/mol. The number of phenols is 1. The van der Waals surface area contributed by atoms with E-state index in [1.165, 1.54) is 0 Å². The van der Waals surface area contributed by atoms with Crippen molar-refractivity contribution in [3.63, 3.8) is 0 Å². The van der Waals surface area contributed by atoms with E-state index in [9.17, 15) is 5.11 Å². The minimum atomic E-state index is 0.278. The van der Waals surface area contributed by atoms with E-state index in [-0.39, 0.29) is 5.75 Å². The number of hydrogen-bond donors (Lipinski definition) is 1. The lowest BCUT2D eigenvalue weighted by Crippen LogP contribution is -1.98. The van der Waals surface area contributed by atoms with Gasteiger partial charge in [-0.2, -0.15) is 0 Å². The van der Waals surface area contributed by atoms with Gasteiger partial charge < -0.3 is 9.67 Å². The molecule has 0 saturated heterocycles. The minimum absolute atomic E-state index is 0.278. The van der Waals surface area contributed by atoms with Crippen LogP contribution in [0.15, 0.2) is 42.5 Å². The summed E-state index contributed by atoms with van der Waals surface area (Å²) in [7, 11) is 1.99. The van der Waals surface area contributed by atoms with Crippen molar-refractivity contribution in [1.29, 1.82) is 0 Å². The largest absolute Gasteiger partial charge is 0.508 e. The second-order valence-electron chi connectivity index (χ2n) is 4.56. The molecule has 0 saturated carbocycles. The molecule has 0 aliphatic carbocycles. The van der Waals surface area contributed by atoms with Crippen molar-refractivity contribution in [3.8, 4) is 5.75 Å². The number of fused-ring (bicyclic) bond motifs is 1. The van der Waals surface area contributed by atoms with Crippen LogP contribution in [0.1, 0.15) is 11.4 Å². The van der Waals surface area contributed by atoms with Crippen LogP contribution in [0, 0.1) is 0 Å². The number of benzene rings is 2. The molecule has 0 atom stereocenters. The molecule has 1 heterocycles. The second kappa shape index (κ2) is 4.59. The molecule has 96 valence electrons. The summed E-state index contributed by atoms with van der Waals surface area (Å²) in [5.74, 6) is 1.25. The number of aryl methyl sites for hydroxylation is 1. The average molecular weight is 273 g/mol. The van der Waals surface area contributed by atoms with Crippen LogP contribution in [0.4, 0.5) is 0 Å².